The Hall–Kier alpha value is -0.770. The maximum Gasteiger partial charge on any atom is 0.279 e. The highest BCUT2D eigenvalue weighted by atomic mass is 35.5. The number of quaternary nitrogens is 1. The van der Waals surface area contributed by atoms with E-state index >= 15 is 0 Å². The lowest BCUT2D eigenvalue weighted by atomic mass is 10.1. The third kappa shape index (κ3) is 7.70. The molecule has 0 spiro atoms. The maximum atomic E-state index is 12.1. The summed E-state index contributed by atoms with van der Waals surface area (Å²) in [6.07, 6.45) is 3.32. The zero-order chi connectivity index (χ0) is 15.0. The second-order valence-electron chi connectivity index (χ2n) is 5.45. The van der Waals surface area contributed by atoms with Crippen molar-refractivity contribution in [3.8, 4) is 0 Å². The fourth-order valence-corrected chi connectivity index (χ4v) is 2.44. The van der Waals surface area contributed by atoms with Crippen molar-refractivity contribution in [2.24, 2.45) is 0 Å². The van der Waals surface area contributed by atoms with E-state index in [9.17, 15) is 4.79 Å². The van der Waals surface area contributed by atoms with Crippen molar-refractivity contribution in [2.75, 3.05) is 31.3 Å². The van der Waals surface area contributed by atoms with Crippen LogP contribution in [0.3, 0.4) is 0 Å². The summed E-state index contributed by atoms with van der Waals surface area (Å²) >= 11 is 5.65. The molecule has 21 heavy (non-hydrogen) atoms. The third-order valence-corrected chi connectivity index (χ3v) is 3.71. The second-order valence-corrected chi connectivity index (χ2v) is 5.83. The fourth-order valence-electron chi connectivity index (χ4n) is 2.26. The first-order chi connectivity index (χ1) is 9.54. The average Bonchev–Trinajstić information content (AvgIpc) is 2.39. The molecule has 0 saturated heterocycles. The Balaban J connectivity index is 0.00000400. The number of alkyl halides is 1. The summed E-state index contributed by atoms with van der Waals surface area (Å²) in [7, 11) is 2.06. The van der Waals surface area contributed by atoms with Crippen LogP contribution in [0.25, 0.3) is 0 Å². The van der Waals surface area contributed by atoms with Crippen LogP contribution in [-0.4, -0.2) is 31.9 Å². The Bertz CT molecular complexity index is 418. The number of likely N-dealkylation sites (N-methyl/N-ethyl adjacent to an activating group) is 1. The molecule has 0 aromatic heterocycles. The lowest BCUT2D eigenvalue weighted by Gasteiger charge is -2.15. The highest BCUT2D eigenvalue weighted by Crippen LogP contribution is 2.18. The largest absolute Gasteiger partial charge is 1.00 e. The predicted octanol–water partition coefficient (Wildman–Crippen LogP) is -0.830. The number of hydrogen-bond acceptors (Lipinski definition) is 1. The monoisotopic (exact) mass is 332 g/mol. The number of carbonyl (C=O) groups is 1. The van der Waals surface area contributed by atoms with Gasteiger partial charge in [-0.15, -0.1) is 11.6 Å². The molecule has 0 aliphatic rings. The van der Waals surface area contributed by atoms with Crippen molar-refractivity contribution >= 4 is 23.2 Å². The number of anilines is 1. The molecule has 1 atom stereocenters. The maximum absolute atomic E-state index is 12.1. The van der Waals surface area contributed by atoms with E-state index in [0.29, 0.717) is 6.54 Å². The summed E-state index contributed by atoms with van der Waals surface area (Å²) in [5.74, 6) is 0.809. The molecule has 0 saturated carbocycles. The summed E-state index contributed by atoms with van der Waals surface area (Å²) in [5.41, 5.74) is 3.17. The minimum Gasteiger partial charge on any atom is -1.00 e. The van der Waals surface area contributed by atoms with Gasteiger partial charge in [0.05, 0.1) is 13.6 Å². The molecule has 1 amide bonds. The van der Waals surface area contributed by atoms with E-state index in [1.165, 1.54) is 4.90 Å². The summed E-state index contributed by atoms with van der Waals surface area (Å²) in [6, 6.07) is 6.05. The van der Waals surface area contributed by atoms with Crippen molar-refractivity contribution in [3.05, 3.63) is 29.3 Å². The number of rotatable bonds is 8. The first-order valence-corrected chi connectivity index (χ1v) is 7.81. The van der Waals surface area contributed by atoms with Gasteiger partial charge in [0, 0.05) is 11.6 Å². The molecule has 1 aromatic rings. The van der Waals surface area contributed by atoms with Crippen molar-refractivity contribution in [3.63, 3.8) is 0 Å². The van der Waals surface area contributed by atoms with Crippen LogP contribution in [0.2, 0.25) is 0 Å². The quantitative estimate of drug-likeness (QED) is 0.473. The van der Waals surface area contributed by atoms with E-state index in [1.54, 1.807) is 0 Å². The van der Waals surface area contributed by atoms with Gasteiger partial charge in [0.2, 0.25) is 0 Å². The van der Waals surface area contributed by atoms with E-state index in [4.69, 9.17) is 11.6 Å². The van der Waals surface area contributed by atoms with Crippen LogP contribution in [0.5, 0.6) is 0 Å². The number of carbonyl (C=O) groups excluding carboxylic acids is 1. The summed E-state index contributed by atoms with van der Waals surface area (Å²) < 4.78 is 0. The molecule has 0 aliphatic carbocycles. The number of nitrogens with one attached hydrogen (secondary N) is 2. The molecular formula is C16H26Cl2N2O. The van der Waals surface area contributed by atoms with Crippen LogP contribution in [0.4, 0.5) is 5.69 Å². The predicted molar refractivity (Wildman–Crippen MR) is 85.7 cm³/mol. The van der Waals surface area contributed by atoms with Gasteiger partial charge in [0.1, 0.15) is 0 Å². The molecule has 1 rings (SSSR count). The first kappa shape index (κ1) is 20.2. The summed E-state index contributed by atoms with van der Waals surface area (Å²) in [4.78, 5) is 13.3. The van der Waals surface area contributed by atoms with Gasteiger partial charge in [-0.25, -0.2) is 0 Å². The normalized spacial score (nSPS) is 11.6. The Labute approximate surface area is 139 Å². The molecule has 1 aromatic carbocycles. The van der Waals surface area contributed by atoms with Crippen LogP contribution in [-0.2, 0) is 4.79 Å². The number of halogens is 2. The van der Waals surface area contributed by atoms with E-state index in [2.05, 4.69) is 12.4 Å². The number of unbranched alkanes of at least 4 members (excludes halogenated alkanes) is 2. The van der Waals surface area contributed by atoms with Gasteiger partial charge >= 0.3 is 0 Å². The summed E-state index contributed by atoms with van der Waals surface area (Å²) in [6.45, 7) is 5.56. The number of benzene rings is 1. The minimum atomic E-state index is 0. The number of aryl methyl sites for hydroxylation is 2. The molecule has 0 heterocycles. The smallest absolute Gasteiger partial charge is 0.279 e. The van der Waals surface area contributed by atoms with Crippen LogP contribution in [0.1, 0.15) is 30.4 Å². The minimum absolute atomic E-state index is 0. The topological polar surface area (TPSA) is 33.5 Å². The van der Waals surface area contributed by atoms with Gasteiger partial charge in [-0.3, -0.25) is 4.79 Å². The summed E-state index contributed by atoms with van der Waals surface area (Å²) in [5, 5.41) is 3.03. The van der Waals surface area contributed by atoms with Crippen molar-refractivity contribution in [1.29, 1.82) is 0 Å². The van der Waals surface area contributed by atoms with Crippen LogP contribution < -0.4 is 22.6 Å². The van der Waals surface area contributed by atoms with Crippen molar-refractivity contribution < 1.29 is 22.1 Å². The van der Waals surface area contributed by atoms with Crippen LogP contribution in [0, 0.1) is 13.8 Å². The molecule has 3 nitrogen and oxygen atoms in total. The van der Waals surface area contributed by atoms with E-state index in [-0.39, 0.29) is 18.3 Å². The Morgan fingerprint density at radius 2 is 1.81 bits per heavy atom. The molecule has 0 fully saturated rings. The molecule has 5 heteroatoms. The third-order valence-electron chi connectivity index (χ3n) is 3.45. The number of hydrogen-bond donors (Lipinski definition) is 2. The molecule has 0 aliphatic heterocycles. The molecule has 1 unspecified atom stereocenters. The average molecular weight is 333 g/mol. The Morgan fingerprint density at radius 1 is 1.19 bits per heavy atom. The standard InChI is InChI=1S/C16H25ClN2O.ClH/c1-13-8-7-9-14(2)16(13)18-15(20)12-19(3)11-6-4-5-10-17;/h7-9H,4-6,10-12H2,1-3H3,(H,18,20);1H. The van der Waals surface area contributed by atoms with Gasteiger partial charge < -0.3 is 22.6 Å². The number of para-hydroxylation sites is 1. The molecule has 0 radical (unpaired) electrons. The van der Waals surface area contributed by atoms with Gasteiger partial charge in [0.15, 0.2) is 6.54 Å². The van der Waals surface area contributed by atoms with Crippen LogP contribution >= 0.6 is 11.6 Å². The van der Waals surface area contributed by atoms with Crippen LogP contribution in [0.15, 0.2) is 18.2 Å². The van der Waals surface area contributed by atoms with Crippen molar-refractivity contribution in [2.45, 2.75) is 33.1 Å². The zero-order valence-corrected chi connectivity index (χ0v) is 14.7. The highest BCUT2D eigenvalue weighted by Gasteiger charge is 2.12. The molecule has 0 bridgehead atoms. The van der Waals surface area contributed by atoms with E-state index in [1.807, 2.05) is 32.0 Å². The fraction of sp³-hybridized carbons (Fsp3) is 0.562. The van der Waals surface area contributed by atoms with Gasteiger partial charge in [0.25, 0.3) is 5.91 Å². The zero-order valence-electron chi connectivity index (χ0n) is 13.1. The van der Waals surface area contributed by atoms with E-state index in [0.717, 1.165) is 48.5 Å². The first-order valence-electron chi connectivity index (χ1n) is 7.28. The van der Waals surface area contributed by atoms with Gasteiger partial charge in [-0.05, 0) is 44.2 Å². The lowest BCUT2D eigenvalue weighted by Crippen LogP contribution is -3.10. The second kappa shape index (κ2) is 10.9. The molecule has 120 valence electrons. The Morgan fingerprint density at radius 3 is 2.38 bits per heavy atom. The van der Waals surface area contributed by atoms with E-state index < -0.39 is 0 Å². The van der Waals surface area contributed by atoms with Crippen molar-refractivity contribution in [1.82, 2.24) is 0 Å². The lowest BCUT2D eigenvalue weighted by molar-refractivity contribution is -0.871. The Kier molecular flexibility index (Phi) is 10.5. The molecule has 2 N–H and O–H groups in total. The molecular weight excluding hydrogens is 307 g/mol. The van der Waals surface area contributed by atoms with Gasteiger partial charge in [-0.2, -0.15) is 0 Å². The number of amides is 1. The van der Waals surface area contributed by atoms with Gasteiger partial charge in [-0.1, -0.05) is 18.2 Å². The SMILES string of the molecule is Cc1cccc(C)c1NC(=O)C[NH+](C)CCCCCCl.[Cl-]. The highest BCUT2D eigenvalue weighted by molar-refractivity contribution is 6.17.